The highest BCUT2D eigenvalue weighted by Gasteiger charge is 2.43. The maximum absolute atomic E-state index is 12.2. The van der Waals surface area contributed by atoms with Gasteiger partial charge in [-0.2, -0.15) is 0 Å². The molecule has 1 aliphatic rings. The second kappa shape index (κ2) is 9.07. The van der Waals surface area contributed by atoms with Gasteiger partial charge in [-0.3, -0.25) is 24.1 Å². The van der Waals surface area contributed by atoms with Crippen LogP contribution in [-0.4, -0.2) is 58.1 Å². The van der Waals surface area contributed by atoms with Gasteiger partial charge in [-0.15, -0.1) is 0 Å². The maximum atomic E-state index is 12.2. The number of nitrogens with two attached hydrogens (primary N) is 3. The highest BCUT2D eigenvalue weighted by molar-refractivity contribution is 6.13. The number of rotatable bonds is 10. The zero-order valence-corrected chi connectivity index (χ0v) is 16.4. The molecule has 1 aliphatic heterocycles. The SMILES string of the molecule is CC(C)(C)OC(=O)[C@](N)(CCCC(N)C(=O)CCN1C(=O)C=CC1=O)C(N)=O. The molecule has 0 saturated heterocycles. The highest BCUT2D eigenvalue weighted by atomic mass is 16.6. The summed E-state index contributed by atoms with van der Waals surface area (Å²) in [6.45, 7) is 4.84. The molecular weight excluding hydrogens is 368 g/mol. The Morgan fingerprint density at radius 1 is 1.14 bits per heavy atom. The first-order valence-corrected chi connectivity index (χ1v) is 8.92. The van der Waals surface area contributed by atoms with E-state index in [-0.39, 0.29) is 38.0 Å². The van der Waals surface area contributed by atoms with E-state index in [9.17, 15) is 24.0 Å². The molecule has 1 heterocycles. The van der Waals surface area contributed by atoms with E-state index in [1.807, 2.05) is 0 Å². The molecule has 0 saturated carbocycles. The van der Waals surface area contributed by atoms with Crippen molar-refractivity contribution in [3.8, 4) is 0 Å². The molecule has 0 aromatic rings. The van der Waals surface area contributed by atoms with E-state index in [1.165, 1.54) is 0 Å². The van der Waals surface area contributed by atoms with Crippen LogP contribution in [0.4, 0.5) is 0 Å². The Bertz CT molecular complexity index is 679. The van der Waals surface area contributed by atoms with Crippen LogP contribution in [0.1, 0.15) is 46.5 Å². The summed E-state index contributed by atoms with van der Waals surface area (Å²) >= 11 is 0. The van der Waals surface area contributed by atoms with Crippen LogP contribution in [0.5, 0.6) is 0 Å². The predicted octanol–water partition coefficient (Wildman–Crippen LogP) is -1.11. The third-order valence-corrected chi connectivity index (χ3v) is 4.18. The van der Waals surface area contributed by atoms with Gasteiger partial charge >= 0.3 is 5.97 Å². The first kappa shape index (κ1) is 23.4. The number of hydrogen-bond acceptors (Lipinski definition) is 8. The largest absolute Gasteiger partial charge is 0.458 e. The Labute approximate surface area is 163 Å². The summed E-state index contributed by atoms with van der Waals surface area (Å²) in [5.41, 5.74) is 14.1. The number of ether oxygens (including phenoxy) is 1. The Hall–Kier alpha value is -2.59. The van der Waals surface area contributed by atoms with Crippen LogP contribution >= 0.6 is 0 Å². The van der Waals surface area contributed by atoms with Gasteiger partial charge < -0.3 is 21.9 Å². The maximum Gasteiger partial charge on any atom is 0.336 e. The first-order chi connectivity index (χ1) is 12.8. The van der Waals surface area contributed by atoms with Gasteiger partial charge in [0.2, 0.25) is 5.91 Å². The Balaban J connectivity index is 2.53. The van der Waals surface area contributed by atoms with Crippen LogP contribution in [0, 0.1) is 0 Å². The van der Waals surface area contributed by atoms with Crippen molar-refractivity contribution < 1.29 is 28.7 Å². The van der Waals surface area contributed by atoms with Crippen LogP contribution in [0.3, 0.4) is 0 Å². The molecule has 6 N–H and O–H groups in total. The molecule has 1 rings (SSSR count). The summed E-state index contributed by atoms with van der Waals surface area (Å²) in [7, 11) is 0. The van der Waals surface area contributed by atoms with Crippen molar-refractivity contribution in [1.29, 1.82) is 0 Å². The van der Waals surface area contributed by atoms with Gasteiger partial charge in [-0.05, 0) is 40.0 Å². The van der Waals surface area contributed by atoms with Gasteiger partial charge in [0.05, 0.1) is 6.04 Å². The zero-order valence-electron chi connectivity index (χ0n) is 16.4. The fourth-order valence-electron chi connectivity index (χ4n) is 2.52. The van der Waals surface area contributed by atoms with Gasteiger partial charge in [-0.25, -0.2) is 4.79 Å². The average molecular weight is 396 g/mol. The van der Waals surface area contributed by atoms with Crippen LogP contribution < -0.4 is 17.2 Å². The number of amides is 3. The Morgan fingerprint density at radius 2 is 1.68 bits per heavy atom. The minimum Gasteiger partial charge on any atom is -0.458 e. The van der Waals surface area contributed by atoms with E-state index in [1.54, 1.807) is 20.8 Å². The van der Waals surface area contributed by atoms with Crippen LogP contribution in [0.15, 0.2) is 12.2 Å². The summed E-state index contributed by atoms with van der Waals surface area (Å²) in [4.78, 5) is 59.9. The molecule has 10 nitrogen and oxygen atoms in total. The van der Waals surface area contributed by atoms with E-state index in [4.69, 9.17) is 21.9 Å². The van der Waals surface area contributed by atoms with Crippen molar-refractivity contribution >= 4 is 29.5 Å². The highest BCUT2D eigenvalue weighted by Crippen LogP contribution is 2.19. The fourth-order valence-corrected chi connectivity index (χ4v) is 2.52. The second-order valence-electron chi connectivity index (χ2n) is 7.71. The number of carbonyl (C=O) groups excluding carboxylic acids is 5. The van der Waals surface area contributed by atoms with Crippen molar-refractivity contribution in [2.75, 3.05) is 6.54 Å². The van der Waals surface area contributed by atoms with Crippen molar-refractivity contribution in [3.05, 3.63) is 12.2 Å². The number of nitrogens with zero attached hydrogens (tertiary/aromatic N) is 1. The number of imide groups is 1. The molecular formula is C18H28N4O6. The molecule has 0 bridgehead atoms. The van der Waals surface area contributed by atoms with E-state index < -0.39 is 40.9 Å². The summed E-state index contributed by atoms with van der Waals surface area (Å²) in [5.74, 6) is -3.27. The molecule has 0 aromatic carbocycles. The summed E-state index contributed by atoms with van der Waals surface area (Å²) in [6.07, 6.45) is 2.37. The molecule has 3 amide bonds. The molecule has 0 spiro atoms. The van der Waals surface area contributed by atoms with E-state index in [0.717, 1.165) is 17.1 Å². The third kappa shape index (κ3) is 6.24. The van der Waals surface area contributed by atoms with Crippen molar-refractivity contribution in [2.45, 2.75) is 63.6 Å². The number of esters is 1. The number of primary amides is 1. The molecule has 156 valence electrons. The lowest BCUT2D eigenvalue weighted by Crippen LogP contribution is -2.60. The molecule has 28 heavy (non-hydrogen) atoms. The number of carbonyl (C=O) groups is 5. The molecule has 0 fully saturated rings. The Morgan fingerprint density at radius 3 is 2.14 bits per heavy atom. The standard InChI is InChI=1S/C18H28N4O6/c1-17(2,3)28-16(27)18(21,15(20)26)9-4-5-11(19)12(23)8-10-22-13(24)6-7-14(22)25/h6-7,11H,4-5,8-10,19,21H2,1-3H3,(H2,20,26)/t11?,18-/m0/s1. The smallest absolute Gasteiger partial charge is 0.336 e. The van der Waals surface area contributed by atoms with Crippen molar-refractivity contribution in [1.82, 2.24) is 4.90 Å². The topological polar surface area (TPSA) is 176 Å². The average Bonchev–Trinajstić information content (AvgIpc) is 2.88. The van der Waals surface area contributed by atoms with E-state index >= 15 is 0 Å². The molecule has 10 heteroatoms. The minimum atomic E-state index is -2.02. The monoisotopic (exact) mass is 396 g/mol. The minimum absolute atomic E-state index is 0.0583. The molecule has 2 atom stereocenters. The van der Waals surface area contributed by atoms with E-state index in [2.05, 4.69) is 0 Å². The molecule has 0 aliphatic carbocycles. The van der Waals surface area contributed by atoms with Gasteiger partial charge in [0, 0.05) is 25.1 Å². The number of Topliss-reactive ketones (excluding diaryl/α,β-unsaturated/α-hetero) is 1. The zero-order chi connectivity index (χ0) is 21.7. The quantitative estimate of drug-likeness (QED) is 0.236. The summed E-state index contributed by atoms with van der Waals surface area (Å²) < 4.78 is 5.15. The van der Waals surface area contributed by atoms with E-state index in [0.29, 0.717) is 0 Å². The molecule has 0 radical (unpaired) electrons. The third-order valence-electron chi connectivity index (χ3n) is 4.18. The summed E-state index contributed by atoms with van der Waals surface area (Å²) in [6, 6.07) is -0.892. The normalized spacial score (nSPS) is 17.4. The fraction of sp³-hybridized carbons (Fsp3) is 0.611. The Kier molecular flexibility index (Phi) is 7.59. The lowest BCUT2D eigenvalue weighted by atomic mass is 9.90. The number of ketones is 1. The van der Waals surface area contributed by atoms with Gasteiger partial charge in [0.15, 0.2) is 11.3 Å². The second-order valence-corrected chi connectivity index (χ2v) is 7.71. The van der Waals surface area contributed by atoms with Crippen molar-refractivity contribution in [3.63, 3.8) is 0 Å². The molecule has 0 aromatic heterocycles. The lowest BCUT2D eigenvalue weighted by Gasteiger charge is -2.29. The van der Waals surface area contributed by atoms with Crippen LogP contribution in [0.25, 0.3) is 0 Å². The predicted molar refractivity (Wildman–Crippen MR) is 99.3 cm³/mol. The van der Waals surface area contributed by atoms with Crippen LogP contribution in [-0.2, 0) is 28.7 Å². The van der Waals surface area contributed by atoms with Gasteiger partial charge in [-0.1, -0.05) is 0 Å². The van der Waals surface area contributed by atoms with Crippen LogP contribution in [0.2, 0.25) is 0 Å². The number of hydrogen-bond donors (Lipinski definition) is 3. The summed E-state index contributed by atoms with van der Waals surface area (Å²) in [5, 5.41) is 0. The lowest BCUT2D eigenvalue weighted by molar-refractivity contribution is -0.164. The molecule has 1 unspecified atom stereocenters. The van der Waals surface area contributed by atoms with Crippen molar-refractivity contribution in [2.24, 2.45) is 17.2 Å². The first-order valence-electron chi connectivity index (χ1n) is 8.92. The van der Waals surface area contributed by atoms with Gasteiger partial charge in [0.1, 0.15) is 5.60 Å². The van der Waals surface area contributed by atoms with Gasteiger partial charge in [0.25, 0.3) is 11.8 Å².